The summed E-state index contributed by atoms with van der Waals surface area (Å²) in [7, 11) is 0. The zero-order valence-corrected chi connectivity index (χ0v) is 13.4. The average Bonchev–Trinajstić information content (AvgIpc) is 2.50. The quantitative estimate of drug-likeness (QED) is 0.777. The first-order chi connectivity index (χ1) is 9.86. The van der Waals surface area contributed by atoms with Crippen molar-refractivity contribution in [3.63, 3.8) is 0 Å². The molecule has 20 heavy (non-hydrogen) atoms. The minimum Gasteiger partial charge on any atom is -0.396 e. The number of rotatable bonds is 7. The molecule has 3 nitrogen and oxygen atoms in total. The van der Waals surface area contributed by atoms with Crippen LogP contribution in [0.15, 0.2) is 0 Å². The normalized spacial score (nSPS) is 24.1. The van der Waals surface area contributed by atoms with E-state index in [9.17, 15) is 5.11 Å². The van der Waals surface area contributed by atoms with Crippen molar-refractivity contribution in [3.8, 4) is 0 Å². The summed E-state index contributed by atoms with van der Waals surface area (Å²) in [4.78, 5) is 5.48. The Morgan fingerprint density at radius 1 is 0.800 bits per heavy atom. The van der Waals surface area contributed by atoms with Crippen molar-refractivity contribution in [3.05, 3.63) is 0 Å². The van der Waals surface area contributed by atoms with Gasteiger partial charge in [-0.3, -0.25) is 9.80 Å². The maximum Gasteiger partial charge on any atom is 0.0652 e. The second kappa shape index (κ2) is 9.01. The topological polar surface area (TPSA) is 26.7 Å². The molecule has 1 unspecified atom stereocenters. The van der Waals surface area contributed by atoms with Crippen LogP contribution >= 0.6 is 0 Å². The van der Waals surface area contributed by atoms with Crippen molar-refractivity contribution in [2.75, 3.05) is 32.8 Å². The van der Waals surface area contributed by atoms with E-state index in [0.717, 1.165) is 6.42 Å². The van der Waals surface area contributed by atoms with E-state index in [4.69, 9.17) is 0 Å². The van der Waals surface area contributed by atoms with Gasteiger partial charge in [0.25, 0.3) is 0 Å². The van der Waals surface area contributed by atoms with Crippen LogP contribution in [0.3, 0.4) is 0 Å². The second-order valence-corrected chi connectivity index (χ2v) is 6.67. The third kappa shape index (κ3) is 4.44. The van der Waals surface area contributed by atoms with E-state index in [1.807, 2.05) is 0 Å². The lowest BCUT2D eigenvalue weighted by Gasteiger charge is -2.47. The molecule has 0 radical (unpaired) electrons. The lowest BCUT2D eigenvalue weighted by atomic mass is 9.92. The van der Waals surface area contributed by atoms with Crippen molar-refractivity contribution < 1.29 is 5.11 Å². The van der Waals surface area contributed by atoms with Gasteiger partial charge in [0.1, 0.15) is 0 Å². The molecule has 0 amide bonds. The minimum atomic E-state index is 0.350. The van der Waals surface area contributed by atoms with E-state index in [2.05, 4.69) is 16.7 Å². The van der Waals surface area contributed by atoms with Crippen molar-refractivity contribution in [2.24, 2.45) is 5.92 Å². The van der Waals surface area contributed by atoms with Gasteiger partial charge in [0.15, 0.2) is 0 Å². The fourth-order valence-corrected chi connectivity index (χ4v) is 4.17. The Morgan fingerprint density at radius 2 is 1.30 bits per heavy atom. The summed E-state index contributed by atoms with van der Waals surface area (Å²) in [6.07, 6.45) is 12.3. The molecule has 0 bridgehead atoms. The van der Waals surface area contributed by atoms with Crippen LogP contribution in [0.25, 0.3) is 0 Å². The van der Waals surface area contributed by atoms with E-state index in [-0.39, 0.29) is 0 Å². The van der Waals surface area contributed by atoms with Crippen LogP contribution in [0.5, 0.6) is 0 Å². The molecule has 0 aliphatic carbocycles. The Kier molecular flexibility index (Phi) is 7.32. The molecule has 2 aliphatic rings. The molecule has 2 rings (SSSR count). The smallest absolute Gasteiger partial charge is 0.0652 e. The summed E-state index contributed by atoms with van der Waals surface area (Å²) >= 11 is 0. The van der Waals surface area contributed by atoms with Crippen LogP contribution in [0.1, 0.15) is 64.7 Å². The second-order valence-electron chi connectivity index (χ2n) is 6.67. The number of aliphatic hydroxyl groups is 1. The Bertz CT molecular complexity index is 223. The summed E-state index contributed by atoms with van der Waals surface area (Å²) < 4.78 is 0. The lowest BCUT2D eigenvalue weighted by molar-refractivity contribution is -0.0289. The summed E-state index contributed by atoms with van der Waals surface area (Å²) in [5, 5.41) is 9.47. The highest BCUT2D eigenvalue weighted by atomic mass is 16.3. The first-order valence-corrected chi connectivity index (χ1v) is 8.95. The number of piperidine rings is 2. The molecule has 2 saturated heterocycles. The molecule has 0 spiro atoms. The molecule has 0 aromatic heterocycles. The Hall–Kier alpha value is -0.120. The number of hydrogen-bond donors (Lipinski definition) is 1. The lowest BCUT2D eigenvalue weighted by Crippen LogP contribution is -2.55. The molecular weight excluding hydrogens is 248 g/mol. The first kappa shape index (κ1) is 16.3. The number of likely N-dealkylation sites (tertiary alicyclic amines) is 2. The van der Waals surface area contributed by atoms with Crippen LogP contribution in [-0.4, -0.2) is 53.9 Å². The SMILES string of the molecule is CCCC(CCO)C(N1CCCCC1)N1CCCCC1. The highest BCUT2D eigenvalue weighted by Gasteiger charge is 2.33. The van der Waals surface area contributed by atoms with Crippen LogP contribution < -0.4 is 0 Å². The maximum atomic E-state index is 9.47. The fraction of sp³-hybridized carbons (Fsp3) is 1.00. The monoisotopic (exact) mass is 282 g/mol. The summed E-state index contributed by atoms with van der Waals surface area (Å²) in [5.74, 6) is 0.654. The summed E-state index contributed by atoms with van der Waals surface area (Å²) in [6, 6.07) is 0. The summed E-state index contributed by atoms with van der Waals surface area (Å²) in [6.45, 7) is 7.72. The van der Waals surface area contributed by atoms with E-state index >= 15 is 0 Å². The van der Waals surface area contributed by atoms with Gasteiger partial charge in [-0.1, -0.05) is 26.2 Å². The molecule has 0 aromatic rings. The molecule has 0 saturated carbocycles. The van der Waals surface area contributed by atoms with Gasteiger partial charge >= 0.3 is 0 Å². The molecular formula is C17H34N2O. The van der Waals surface area contributed by atoms with Gasteiger partial charge in [0.05, 0.1) is 6.17 Å². The maximum absolute atomic E-state index is 9.47. The predicted octanol–water partition coefficient (Wildman–Crippen LogP) is 3.08. The molecule has 118 valence electrons. The van der Waals surface area contributed by atoms with Gasteiger partial charge < -0.3 is 5.11 Å². The van der Waals surface area contributed by atoms with Gasteiger partial charge in [-0.15, -0.1) is 0 Å². The van der Waals surface area contributed by atoms with Gasteiger partial charge in [-0.25, -0.2) is 0 Å². The minimum absolute atomic E-state index is 0.350. The van der Waals surface area contributed by atoms with Crippen molar-refractivity contribution in [1.29, 1.82) is 0 Å². The third-order valence-electron chi connectivity index (χ3n) is 5.11. The van der Waals surface area contributed by atoms with Gasteiger partial charge in [-0.05, 0) is 70.6 Å². The largest absolute Gasteiger partial charge is 0.396 e. The highest BCUT2D eigenvalue weighted by molar-refractivity contribution is 4.83. The molecule has 0 aromatic carbocycles. The average molecular weight is 282 g/mol. The molecule has 2 heterocycles. The van der Waals surface area contributed by atoms with E-state index in [1.165, 1.54) is 77.5 Å². The third-order valence-corrected chi connectivity index (χ3v) is 5.11. The number of nitrogens with zero attached hydrogens (tertiary/aromatic N) is 2. The number of hydrogen-bond acceptors (Lipinski definition) is 3. The van der Waals surface area contributed by atoms with Crippen LogP contribution in [0, 0.1) is 5.92 Å². The van der Waals surface area contributed by atoms with E-state index in [1.54, 1.807) is 0 Å². The van der Waals surface area contributed by atoms with Crippen LogP contribution in [-0.2, 0) is 0 Å². The predicted molar refractivity (Wildman–Crippen MR) is 84.7 cm³/mol. The molecule has 3 heteroatoms. The van der Waals surface area contributed by atoms with Crippen molar-refractivity contribution in [2.45, 2.75) is 70.9 Å². The molecule has 1 N–H and O–H groups in total. The molecule has 2 fully saturated rings. The van der Waals surface area contributed by atoms with Crippen molar-refractivity contribution in [1.82, 2.24) is 9.80 Å². The zero-order valence-electron chi connectivity index (χ0n) is 13.4. The molecule has 2 aliphatic heterocycles. The van der Waals surface area contributed by atoms with Crippen LogP contribution in [0.4, 0.5) is 0 Å². The van der Waals surface area contributed by atoms with Gasteiger partial charge in [-0.2, -0.15) is 0 Å². The Labute approximate surface area is 125 Å². The Morgan fingerprint density at radius 3 is 1.70 bits per heavy atom. The van der Waals surface area contributed by atoms with E-state index < -0.39 is 0 Å². The van der Waals surface area contributed by atoms with E-state index in [0.29, 0.717) is 18.7 Å². The summed E-state index contributed by atoms with van der Waals surface area (Å²) in [5.41, 5.74) is 0. The standard InChI is InChI=1S/C17H34N2O/c1-2-9-16(10-15-20)17(18-11-5-3-6-12-18)19-13-7-4-8-14-19/h16-17,20H,2-15H2,1H3. The first-order valence-electron chi connectivity index (χ1n) is 8.95. The fourth-order valence-electron chi connectivity index (χ4n) is 4.17. The van der Waals surface area contributed by atoms with Crippen LogP contribution in [0.2, 0.25) is 0 Å². The van der Waals surface area contributed by atoms with Crippen molar-refractivity contribution >= 4 is 0 Å². The Balaban J connectivity index is 2.07. The van der Waals surface area contributed by atoms with Gasteiger partial charge in [0, 0.05) is 6.61 Å². The van der Waals surface area contributed by atoms with Gasteiger partial charge in [0.2, 0.25) is 0 Å². The number of aliphatic hydroxyl groups excluding tert-OH is 1. The molecule has 1 atom stereocenters. The highest BCUT2D eigenvalue weighted by Crippen LogP contribution is 2.28. The zero-order chi connectivity index (χ0) is 14.2.